The highest BCUT2D eigenvalue weighted by Crippen LogP contribution is 2.43. The van der Waals surface area contributed by atoms with Gasteiger partial charge in [0.05, 0.1) is 13.7 Å². The first-order chi connectivity index (χ1) is 21.5. The van der Waals surface area contributed by atoms with E-state index in [0.717, 1.165) is 32.5 Å². The molecule has 0 aliphatic carbocycles. The first-order valence-corrected chi connectivity index (χ1v) is 15.4. The summed E-state index contributed by atoms with van der Waals surface area (Å²) in [6.45, 7) is 1.000. The van der Waals surface area contributed by atoms with Crippen LogP contribution in [0.3, 0.4) is 0 Å². The van der Waals surface area contributed by atoms with Crippen molar-refractivity contribution in [3.63, 3.8) is 0 Å². The lowest BCUT2D eigenvalue weighted by Gasteiger charge is -2.31. The number of hydrogen-bond donors (Lipinski definition) is 3. The van der Waals surface area contributed by atoms with Gasteiger partial charge in [0.1, 0.15) is 11.5 Å². The second-order valence-corrected chi connectivity index (χ2v) is 11.3. The summed E-state index contributed by atoms with van der Waals surface area (Å²) in [4.78, 5) is 19.4. The SMILES string of the molecule is COc1cccc(CCNNC(=O)[C@@]2(Cc3ccccc3Br)N=C(c3ccc(OCCCO)cc3)O[C@H]2c2ccccc2)c1. The Labute approximate surface area is 266 Å². The normalized spacial score (nSPS) is 17.4. The van der Waals surface area contributed by atoms with Gasteiger partial charge in [0.15, 0.2) is 11.6 Å². The van der Waals surface area contributed by atoms with Gasteiger partial charge in [0.25, 0.3) is 5.91 Å². The Morgan fingerprint density at radius 2 is 1.75 bits per heavy atom. The second-order valence-electron chi connectivity index (χ2n) is 10.5. The summed E-state index contributed by atoms with van der Waals surface area (Å²) in [6, 6.07) is 32.8. The fraction of sp³-hybridized carbons (Fsp3) is 0.257. The standard InChI is InChI=1S/C35H36BrN3O5/c1-42-30-13-7-9-25(23-30)19-20-37-39-34(41)35(24-28-12-5-6-14-31(28)36)32(26-10-3-2-4-11-26)44-33(38-35)27-15-17-29(18-16-27)43-22-8-21-40/h2-7,9-18,23,32,37,40H,8,19-22,24H2,1H3,(H,39,41)/t32-,35-/m0/s1. The van der Waals surface area contributed by atoms with Crippen LogP contribution in [-0.4, -0.2) is 49.3 Å². The van der Waals surface area contributed by atoms with Crippen molar-refractivity contribution in [1.82, 2.24) is 10.9 Å². The molecule has 0 saturated carbocycles. The van der Waals surface area contributed by atoms with E-state index < -0.39 is 11.6 Å². The molecule has 2 atom stereocenters. The summed E-state index contributed by atoms with van der Waals surface area (Å²) < 4.78 is 18.5. The average molecular weight is 659 g/mol. The minimum Gasteiger partial charge on any atom is -0.497 e. The lowest BCUT2D eigenvalue weighted by molar-refractivity contribution is -0.130. The van der Waals surface area contributed by atoms with E-state index in [1.807, 2.05) is 103 Å². The molecule has 4 aromatic carbocycles. The molecule has 0 bridgehead atoms. The van der Waals surface area contributed by atoms with Crippen LogP contribution in [-0.2, 0) is 22.4 Å². The van der Waals surface area contributed by atoms with E-state index in [-0.39, 0.29) is 12.5 Å². The van der Waals surface area contributed by atoms with Crippen molar-refractivity contribution in [3.8, 4) is 11.5 Å². The van der Waals surface area contributed by atoms with E-state index in [0.29, 0.717) is 44.1 Å². The van der Waals surface area contributed by atoms with Gasteiger partial charge >= 0.3 is 0 Å². The highest BCUT2D eigenvalue weighted by molar-refractivity contribution is 9.10. The number of hydrazine groups is 1. The van der Waals surface area contributed by atoms with Gasteiger partial charge in [-0.1, -0.05) is 76.6 Å². The minimum atomic E-state index is -1.32. The van der Waals surface area contributed by atoms with Gasteiger partial charge in [0, 0.05) is 36.0 Å². The topological polar surface area (TPSA) is 101 Å². The molecule has 0 radical (unpaired) electrons. The number of benzene rings is 4. The number of aliphatic hydroxyl groups excluding tert-OH is 1. The zero-order valence-corrected chi connectivity index (χ0v) is 26.1. The van der Waals surface area contributed by atoms with Crippen molar-refractivity contribution in [3.05, 3.63) is 130 Å². The number of nitrogens with one attached hydrogen (secondary N) is 2. The van der Waals surface area contributed by atoms with E-state index in [9.17, 15) is 4.79 Å². The van der Waals surface area contributed by atoms with Crippen LogP contribution in [0.15, 0.2) is 113 Å². The van der Waals surface area contributed by atoms with Gasteiger partial charge in [0.2, 0.25) is 5.90 Å². The summed E-state index contributed by atoms with van der Waals surface area (Å²) in [5.74, 6) is 1.54. The zero-order valence-electron chi connectivity index (χ0n) is 24.5. The Balaban J connectivity index is 1.45. The number of amides is 1. The van der Waals surface area contributed by atoms with Crippen LogP contribution in [0.2, 0.25) is 0 Å². The largest absolute Gasteiger partial charge is 0.497 e. The molecule has 0 unspecified atom stereocenters. The van der Waals surface area contributed by atoms with Gasteiger partial charge in [-0.2, -0.15) is 0 Å². The van der Waals surface area contributed by atoms with Crippen molar-refractivity contribution in [1.29, 1.82) is 0 Å². The fourth-order valence-corrected chi connectivity index (χ4v) is 5.55. The predicted molar refractivity (Wildman–Crippen MR) is 174 cm³/mol. The number of ether oxygens (including phenoxy) is 3. The maximum Gasteiger partial charge on any atom is 0.266 e. The molecule has 5 rings (SSSR count). The van der Waals surface area contributed by atoms with Crippen LogP contribution in [0.5, 0.6) is 11.5 Å². The van der Waals surface area contributed by atoms with Crippen molar-refractivity contribution in [2.24, 2.45) is 4.99 Å². The van der Waals surface area contributed by atoms with E-state index in [1.54, 1.807) is 7.11 Å². The third-order valence-electron chi connectivity index (χ3n) is 7.42. The third-order valence-corrected chi connectivity index (χ3v) is 8.20. The van der Waals surface area contributed by atoms with Crippen LogP contribution in [0.1, 0.15) is 34.8 Å². The maximum atomic E-state index is 14.3. The number of methoxy groups -OCH3 is 1. The number of halogens is 1. The van der Waals surface area contributed by atoms with Gasteiger partial charge in [-0.15, -0.1) is 0 Å². The molecule has 0 saturated heterocycles. The van der Waals surface area contributed by atoms with Crippen LogP contribution >= 0.6 is 15.9 Å². The van der Waals surface area contributed by atoms with E-state index in [1.165, 1.54) is 0 Å². The number of carbonyl (C=O) groups is 1. The maximum absolute atomic E-state index is 14.3. The van der Waals surface area contributed by atoms with Crippen molar-refractivity contribution < 1.29 is 24.1 Å². The average Bonchev–Trinajstić information content (AvgIpc) is 3.45. The molecule has 3 N–H and O–H groups in total. The number of hydrogen-bond acceptors (Lipinski definition) is 7. The molecule has 0 aromatic heterocycles. The lowest BCUT2D eigenvalue weighted by atomic mass is 9.82. The van der Waals surface area contributed by atoms with E-state index >= 15 is 0 Å². The molecule has 1 aliphatic rings. The molecule has 1 amide bonds. The van der Waals surface area contributed by atoms with E-state index in [2.05, 4.69) is 26.8 Å². The molecule has 1 aliphatic heterocycles. The Kier molecular flexibility index (Phi) is 10.7. The molecule has 0 fully saturated rings. The molecular formula is C35H36BrN3O5. The number of carbonyl (C=O) groups excluding carboxylic acids is 1. The van der Waals surface area contributed by atoms with Gasteiger partial charge in [-0.05, 0) is 65.6 Å². The van der Waals surface area contributed by atoms with Crippen molar-refractivity contribution in [2.45, 2.75) is 30.9 Å². The highest BCUT2D eigenvalue weighted by Gasteiger charge is 2.53. The second kappa shape index (κ2) is 15.0. The monoisotopic (exact) mass is 657 g/mol. The van der Waals surface area contributed by atoms with Crippen LogP contribution < -0.4 is 20.3 Å². The molecular weight excluding hydrogens is 622 g/mol. The number of aliphatic imine (C=N–C) groups is 1. The van der Waals surface area contributed by atoms with Crippen molar-refractivity contribution >= 4 is 27.7 Å². The molecule has 0 spiro atoms. The molecule has 1 heterocycles. The van der Waals surface area contributed by atoms with Crippen LogP contribution in [0, 0.1) is 0 Å². The predicted octanol–water partition coefficient (Wildman–Crippen LogP) is 5.58. The first kappa shape index (κ1) is 31.3. The Morgan fingerprint density at radius 1 is 0.977 bits per heavy atom. The van der Waals surface area contributed by atoms with Crippen LogP contribution in [0.4, 0.5) is 0 Å². The zero-order chi connectivity index (χ0) is 30.8. The smallest absolute Gasteiger partial charge is 0.266 e. The Hall–Kier alpha value is -4.18. The highest BCUT2D eigenvalue weighted by atomic mass is 79.9. The molecule has 44 heavy (non-hydrogen) atoms. The molecule has 9 heteroatoms. The summed E-state index contributed by atoms with van der Waals surface area (Å²) in [7, 11) is 1.64. The van der Waals surface area contributed by atoms with Crippen LogP contribution in [0.25, 0.3) is 0 Å². The number of aliphatic hydroxyl groups is 1. The number of rotatable bonds is 14. The van der Waals surface area contributed by atoms with Gasteiger partial charge in [-0.25, -0.2) is 10.4 Å². The molecule has 228 valence electrons. The molecule has 8 nitrogen and oxygen atoms in total. The summed E-state index contributed by atoms with van der Waals surface area (Å²) in [5.41, 5.74) is 8.34. The fourth-order valence-electron chi connectivity index (χ4n) is 5.13. The third kappa shape index (κ3) is 7.48. The quantitative estimate of drug-likeness (QED) is 0.121. The minimum absolute atomic E-state index is 0.0706. The van der Waals surface area contributed by atoms with Gasteiger partial charge < -0.3 is 19.3 Å². The molecule has 4 aromatic rings. The number of nitrogens with zero attached hydrogens (tertiary/aromatic N) is 1. The summed E-state index contributed by atoms with van der Waals surface area (Å²) >= 11 is 3.67. The Morgan fingerprint density at radius 3 is 2.50 bits per heavy atom. The van der Waals surface area contributed by atoms with Gasteiger partial charge in [-0.3, -0.25) is 10.2 Å². The summed E-state index contributed by atoms with van der Waals surface area (Å²) in [5, 5.41) is 9.05. The van der Waals surface area contributed by atoms with Crippen molar-refractivity contribution in [2.75, 3.05) is 26.9 Å². The summed E-state index contributed by atoms with van der Waals surface area (Å²) in [6.07, 6.45) is 0.848. The first-order valence-electron chi connectivity index (χ1n) is 14.6. The Bertz CT molecular complexity index is 1560. The van der Waals surface area contributed by atoms with E-state index in [4.69, 9.17) is 24.3 Å². The lowest BCUT2D eigenvalue weighted by Crippen LogP contribution is -2.54.